The normalized spacial score (nSPS) is 10.2. The highest BCUT2D eigenvalue weighted by atomic mass is 32.1. The Hall–Kier alpha value is -3.25. The third-order valence-corrected chi connectivity index (χ3v) is 5.85. The molecule has 2 rings (SSSR count). The zero-order chi connectivity index (χ0) is 22.4. The van der Waals surface area contributed by atoms with Crippen LogP contribution in [0.3, 0.4) is 0 Å². The second-order valence-corrected chi connectivity index (χ2v) is 7.24. The molecule has 0 bridgehead atoms. The summed E-state index contributed by atoms with van der Waals surface area (Å²) in [4.78, 5) is 27.8. The molecule has 8 nitrogen and oxygen atoms in total. The van der Waals surface area contributed by atoms with Crippen LogP contribution in [-0.4, -0.2) is 51.1 Å². The number of thiophene rings is 1. The van der Waals surface area contributed by atoms with Gasteiger partial charge in [-0.1, -0.05) is 0 Å². The molecule has 0 aliphatic rings. The Labute approximate surface area is 180 Å². The maximum absolute atomic E-state index is 12.9. The van der Waals surface area contributed by atoms with Crippen LogP contribution >= 0.6 is 11.3 Å². The minimum atomic E-state index is -0.464. The first-order chi connectivity index (χ1) is 14.4. The van der Waals surface area contributed by atoms with Gasteiger partial charge in [-0.25, -0.2) is 0 Å². The standard InChI is InChI=1S/C21H25N3O5S/c1-7-24(8-2)21(26)18-12(3)14(11-22)20(30-18)23-19(25)13-9-15(27-4)17(29-6)16(10-13)28-5/h9-10H,7-8H2,1-6H3,(H,23,25). The molecule has 2 amide bonds. The number of amides is 2. The first-order valence-corrected chi connectivity index (χ1v) is 10.1. The topological polar surface area (TPSA) is 101 Å². The molecule has 160 valence electrons. The molecule has 0 unspecified atom stereocenters. The molecule has 0 atom stereocenters. The second kappa shape index (κ2) is 9.98. The Morgan fingerprint density at radius 3 is 2.10 bits per heavy atom. The zero-order valence-electron chi connectivity index (χ0n) is 17.9. The summed E-state index contributed by atoms with van der Waals surface area (Å²) in [7, 11) is 4.39. The zero-order valence-corrected chi connectivity index (χ0v) is 18.7. The summed E-state index contributed by atoms with van der Waals surface area (Å²) in [6.45, 7) is 6.61. The van der Waals surface area contributed by atoms with E-state index in [1.165, 1.54) is 33.5 Å². The van der Waals surface area contributed by atoms with Gasteiger partial charge in [0.1, 0.15) is 11.1 Å². The average molecular weight is 432 g/mol. The molecule has 0 saturated carbocycles. The fraction of sp³-hybridized carbons (Fsp3) is 0.381. The first-order valence-electron chi connectivity index (χ1n) is 9.30. The predicted octanol–water partition coefficient (Wildman–Crippen LogP) is 3.69. The van der Waals surface area contributed by atoms with Gasteiger partial charge in [-0.05, 0) is 38.5 Å². The lowest BCUT2D eigenvalue weighted by atomic mass is 10.1. The second-order valence-electron chi connectivity index (χ2n) is 6.22. The summed E-state index contributed by atoms with van der Waals surface area (Å²) in [5.41, 5.74) is 1.09. The van der Waals surface area contributed by atoms with Crippen LogP contribution in [0.2, 0.25) is 0 Å². The van der Waals surface area contributed by atoms with Crippen LogP contribution in [0.5, 0.6) is 17.2 Å². The number of methoxy groups -OCH3 is 3. The Morgan fingerprint density at radius 2 is 1.67 bits per heavy atom. The number of ether oxygens (including phenoxy) is 3. The van der Waals surface area contributed by atoms with Gasteiger partial charge in [-0.3, -0.25) is 9.59 Å². The summed E-state index contributed by atoms with van der Waals surface area (Å²) in [5, 5.41) is 12.7. The van der Waals surface area contributed by atoms with Crippen molar-refractivity contribution in [3.05, 3.63) is 33.7 Å². The fourth-order valence-corrected chi connectivity index (χ4v) is 4.10. The monoisotopic (exact) mass is 431 g/mol. The third-order valence-electron chi connectivity index (χ3n) is 4.66. The van der Waals surface area contributed by atoms with Crippen molar-refractivity contribution in [3.8, 4) is 23.3 Å². The van der Waals surface area contributed by atoms with Crippen LogP contribution < -0.4 is 19.5 Å². The maximum Gasteiger partial charge on any atom is 0.264 e. The lowest BCUT2D eigenvalue weighted by molar-refractivity contribution is 0.0777. The van der Waals surface area contributed by atoms with Gasteiger partial charge in [0, 0.05) is 18.7 Å². The molecule has 0 fully saturated rings. The summed E-state index contributed by atoms with van der Waals surface area (Å²) in [6.07, 6.45) is 0. The number of hydrogen-bond donors (Lipinski definition) is 1. The van der Waals surface area contributed by atoms with Crippen molar-refractivity contribution >= 4 is 28.2 Å². The van der Waals surface area contributed by atoms with E-state index in [0.717, 1.165) is 11.3 Å². The van der Waals surface area contributed by atoms with Crippen LogP contribution in [-0.2, 0) is 0 Å². The van der Waals surface area contributed by atoms with Crippen LogP contribution in [0.4, 0.5) is 5.00 Å². The maximum atomic E-state index is 12.9. The highest BCUT2D eigenvalue weighted by molar-refractivity contribution is 7.18. The quantitative estimate of drug-likeness (QED) is 0.684. The van der Waals surface area contributed by atoms with Gasteiger partial charge in [0.05, 0.1) is 31.8 Å². The van der Waals surface area contributed by atoms with E-state index in [2.05, 4.69) is 11.4 Å². The van der Waals surface area contributed by atoms with E-state index in [0.29, 0.717) is 45.8 Å². The summed E-state index contributed by atoms with van der Waals surface area (Å²) >= 11 is 1.10. The van der Waals surface area contributed by atoms with E-state index in [1.807, 2.05) is 13.8 Å². The number of anilines is 1. The Kier molecular flexibility index (Phi) is 7.66. The van der Waals surface area contributed by atoms with Gasteiger partial charge < -0.3 is 24.4 Å². The molecule has 2 aromatic rings. The van der Waals surface area contributed by atoms with Crippen molar-refractivity contribution in [1.82, 2.24) is 4.90 Å². The number of rotatable bonds is 8. The molecule has 1 aromatic carbocycles. The Balaban J connectivity index is 2.44. The predicted molar refractivity (Wildman–Crippen MR) is 115 cm³/mol. The van der Waals surface area contributed by atoms with E-state index in [9.17, 15) is 14.9 Å². The fourth-order valence-electron chi connectivity index (χ4n) is 2.98. The van der Waals surface area contributed by atoms with E-state index in [-0.39, 0.29) is 17.0 Å². The van der Waals surface area contributed by atoms with Gasteiger partial charge in [-0.2, -0.15) is 5.26 Å². The lowest BCUT2D eigenvalue weighted by Crippen LogP contribution is -2.30. The summed E-state index contributed by atoms with van der Waals surface area (Å²) in [5.74, 6) is 0.416. The van der Waals surface area contributed by atoms with Crippen molar-refractivity contribution < 1.29 is 23.8 Å². The molecule has 30 heavy (non-hydrogen) atoms. The van der Waals surface area contributed by atoms with Crippen molar-refractivity contribution in [2.45, 2.75) is 20.8 Å². The van der Waals surface area contributed by atoms with E-state index in [4.69, 9.17) is 14.2 Å². The molecule has 1 heterocycles. The lowest BCUT2D eigenvalue weighted by Gasteiger charge is -2.17. The highest BCUT2D eigenvalue weighted by Crippen LogP contribution is 2.39. The molecular weight excluding hydrogens is 406 g/mol. The van der Waals surface area contributed by atoms with Gasteiger partial charge >= 0.3 is 0 Å². The molecule has 9 heteroatoms. The van der Waals surface area contributed by atoms with Gasteiger partial charge in [0.2, 0.25) is 5.75 Å². The number of hydrogen-bond acceptors (Lipinski definition) is 7. The van der Waals surface area contributed by atoms with E-state index in [1.54, 1.807) is 11.8 Å². The number of nitrogens with zero attached hydrogens (tertiary/aromatic N) is 2. The molecule has 0 radical (unpaired) electrons. The van der Waals surface area contributed by atoms with Crippen LogP contribution in [0.25, 0.3) is 0 Å². The summed E-state index contributed by atoms with van der Waals surface area (Å²) < 4.78 is 15.8. The average Bonchev–Trinajstić information content (AvgIpc) is 3.07. The minimum Gasteiger partial charge on any atom is -0.493 e. The van der Waals surface area contributed by atoms with Gasteiger partial charge in [-0.15, -0.1) is 11.3 Å². The van der Waals surface area contributed by atoms with Crippen molar-refractivity contribution in [2.24, 2.45) is 0 Å². The number of benzene rings is 1. The Morgan fingerprint density at radius 1 is 1.10 bits per heavy atom. The van der Waals surface area contributed by atoms with Crippen molar-refractivity contribution in [1.29, 1.82) is 5.26 Å². The molecule has 0 aliphatic carbocycles. The number of carbonyl (C=O) groups excluding carboxylic acids is 2. The van der Waals surface area contributed by atoms with E-state index >= 15 is 0 Å². The molecule has 0 spiro atoms. The smallest absolute Gasteiger partial charge is 0.264 e. The molecule has 0 aliphatic heterocycles. The van der Waals surface area contributed by atoms with Crippen LogP contribution in [0.1, 0.15) is 45.0 Å². The van der Waals surface area contributed by atoms with Crippen LogP contribution in [0.15, 0.2) is 12.1 Å². The van der Waals surface area contributed by atoms with Crippen LogP contribution in [0, 0.1) is 18.3 Å². The highest BCUT2D eigenvalue weighted by Gasteiger charge is 2.25. The van der Waals surface area contributed by atoms with Gasteiger partial charge in [0.15, 0.2) is 11.5 Å². The molecular formula is C21H25N3O5S. The van der Waals surface area contributed by atoms with Crippen molar-refractivity contribution in [3.63, 3.8) is 0 Å². The Bertz CT molecular complexity index is 964. The number of nitriles is 1. The van der Waals surface area contributed by atoms with E-state index < -0.39 is 5.91 Å². The first kappa shape index (κ1) is 23.0. The molecule has 1 N–H and O–H groups in total. The minimum absolute atomic E-state index is 0.160. The third kappa shape index (κ3) is 4.33. The van der Waals surface area contributed by atoms with Crippen molar-refractivity contribution in [2.75, 3.05) is 39.7 Å². The largest absolute Gasteiger partial charge is 0.493 e. The number of carbonyl (C=O) groups is 2. The SMILES string of the molecule is CCN(CC)C(=O)c1sc(NC(=O)c2cc(OC)c(OC)c(OC)c2)c(C#N)c1C. The summed E-state index contributed by atoms with van der Waals surface area (Å²) in [6, 6.07) is 5.13. The molecule has 1 aromatic heterocycles. The number of nitrogens with one attached hydrogen (secondary N) is 1. The molecule has 0 saturated heterocycles. The van der Waals surface area contributed by atoms with Gasteiger partial charge in [0.25, 0.3) is 11.8 Å².